The number of amides is 1. The summed E-state index contributed by atoms with van der Waals surface area (Å²) in [6.45, 7) is 3.96. The molecule has 0 spiro atoms. The van der Waals surface area contributed by atoms with Crippen LogP contribution in [0.5, 0.6) is 0 Å². The highest BCUT2D eigenvalue weighted by molar-refractivity contribution is 5.94. The SMILES string of the molecule is O=C(c1ccc(N2CCC(NCCc3cccc(F)c3)CC2)cc1)N1CCC[C@@H](O)C1. The number of benzene rings is 2. The molecule has 1 atom stereocenters. The Hall–Kier alpha value is -2.44. The van der Waals surface area contributed by atoms with Gasteiger partial charge in [0.2, 0.25) is 0 Å². The highest BCUT2D eigenvalue weighted by Crippen LogP contribution is 2.22. The van der Waals surface area contributed by atoms with Crippen LogP contribution >= 0.6 is 0 Å². The Labute approximate surface area is 183 Å². The molecule has 2 aromatic rings. The maximum atomic E-state index is 13.3. The molecule has 0 radical (unpaired) electrons. The van der Waals surface area contributed by atoms with Crippen LogP contribution in [0.2, 0.25) is 0 Å². The fraction of sp³-hybridized carbons (Fsp3) is 0.480. The third kappa shape index (κ3) is 5.83. The lowest BCUT2D eigenvalue weighted by molar-refractivity contribution is 0.0474. The summed E-state index contributed by atoms with van der Waals surface area (Å²) in [6, 6.07) is 15.2. The van der Waals surface area contributed by atoms with Gasteiger partial charge in [-0.15, -0.1) is 0 Å². The maximum Gasteiger partial charge on any atom is 0.253 e. The van der Waals surface area contributed by atoms with Crippen LogP contribution in [0.3, 0.4) is 0 Å². The number of anilines is 1. The molecule has 2 heterocycles. The van der Waals surface area contributed by atoms with E-state index in [-0.39, 0.29) is 11.7 Å². The van der Waals surface area contributed by atoms with E-state index in [1.807, 2.05) is 30.3 Å². The van der Waals surface area contributed by atoms with Gasteiger partial charge in [-0.05, 0) is 80.6 Å². The lowest BCUT2D eigenvalue weighted by Gasteiger charge is -2.34. The molecule has 0 unspecified atom stereocenters. The molecule has 2 aliphatic rings. The summed E-state index contributed by atoms with van der Waals surface area (Å²) in [7, 11) is 0. The topological polar surface area (TPSA) is 55.8 Å². The first-order chi connectivity index (χ1) is 15.1. The minimum atomic E-state index is -0.402. The second-order valence-corrected chi connectivity index (χ2v) is 8.69. The molecule has 0 aliphatic carbocycles. The van der Waals surface area contributed by atoms with Crippen molar-refractivity contribution in [3.8, 4) is 0 Å². The fourth-order valence-corrected chi connectivity index (χ4v) is 4.59. The number of piperidine rings is 2. The van der Waals surface area contributed by atoms with Crippen molar-refractivity contribution < 1.29 is 14.3 Å². The largest absolute Gasteiger partial charge is 0.391 e. The Balaban J connectivity index is 1.23. The first-order valence-corrected chi connectivity index (χ1v) is 11.4. The Bertz CT molecular complexity index is 865. The summed E-state index contributed by atoms with van der Waals surface area (Å²) < 4.78 is 13.3. The van der Waals surface area contributed by atoms with Crippen molar-refractivity contribution in [3.63, 3.8) is 0 Å². The van der Waals surface area contributed by atoms with Crippen molar-refractivity contribution in [1.29, 1.82) is 0 Å². The molecule has 6 heteroatoms. The van der Waals surface area contributed by atoms with Gasteiger partial charge in [-0.2, -0.15) is 0 Å². The van der Waals surface area contributed by atoms with Crippen LogP contribution in [0.25, 0.3) is 0 Å². The van der Waals surface area contributed by atoms with Crippen LogP contribution in [-0.2, 0) is 6.42 Å². The number of nitrogens with zero attached hydrogens (tertiary/aromatic N) is 2. The van der Waals surface area contributed by atoms with E-state index in [1.54, 1.807) is 17.0 Å². The average Bonchev–Trinajstić information content (AvgIpc) is 2.79. The third-order valence-electron chi connectivity index (χ3n) is 6.39. The van der Waals surface area contributed by atoms with E-state index in [0.717, 1.165) is 69.5 Å². The number of β-amino-alcohol motifs (C(OH)–C–C–N with tert-alkyl or cyclic N) is 1. The van der Waals surface area contributed by atoms with Crippen molar-refractivity contribution in [1.82, 2.24) is 10.2 Å². The molecule has 2 aromatic carbocycles. The molecule has 2 aliphatic heterocycles. The van der Waals surface area contributed by atoms with Crippen molar-refractivity contribution in [2.45, 2.75) is 44.2 Å². The van der Waals surface area contributed by atoms with E-state index in [9.17, 15) is 14.3 Å². The van der Waals surface area contributed by atoms with Gasteiger partial charge in [-0.25, -0.2) is 4.39 Å². The predicted octanol–water partition coefficient (Wildman–Crippen LogP) is 3.22. The Kier molecular flexibility index (Phi) is 7.20. The highest BCUT2D eigenvalue weighted by atomic mass is 19.1. The smallest absolute Gasteiger partial charge is 0.253 e. The van der Waals surface area contributed by atoms with E-state index in [1.165, 1.54) is 6.07 Å². The molecule has 2 fully saturated rings. The molecular weight excluding hydrogens is 393 g/mol. The fourth-order valence-electron chi connectivity index (χ4n) is 4.59. The number of hydrogen-bond donors (Lipinski definition) is 2. The molecule has 31 heavy (non-hydrogen) atoms. The van der Waals surface area contributed by atoms with Crippen molar-refractivity contribution >= 4 is 11.6 Å². The number of carbonyl (C=O) groups is 1. The number of aliphatic hydroxyl groups is 1. The van der Waals surface area contributed by atoms with Crippen LogP contribution < -0.4 is 10.2 Å². The third-order valence-corrected chi connectivity index (χ3v) is 6.39. The predicted molar refractivity (Wildman–Crippen MR) is 121 cm³/mol. The molecule has 1 amide bonds. The van der Waals surface area contributed by atoms with Gasteiger partial charge >= 0.3 is 0 Å². The molecular formula is C25H32FN3O2. The summed E-state index contributed by atoms with van der Waals surface area (Å²) in [4.78, 5) is 16.8. The van der Waals surface area contributed by atoms with E-state index in [4.69, 9.17) is 0 Å². The van der Waals surface area contributed by atoms with Gasteiger partial charge in [0.05, 0.1) is 6.10 Å². The van der Waals surface area contributed by atoms with Crippen molar-refractivity contribution in [2.24, 2.45) is 0 Å². The first-order valence-electron chi connectivity index (χ1n) is 11.4. The minimum Gasteiger partial charge on any atom is -0.391 e. The summed E-state index contributed by atoms with van der Waals surface area (Å²) in [5.41, 5.74) is 2.86. The quantitative estimate of drug-likeness (QED) is 0.746. The molecule has 2 N–H and O–H groups in total. The molecule has 0 bridgehead atoms. The van der Waals surface area contributed by atoms with E-state index < -0.39 is 6.10 Å². The van der Waals surface area contributed by atoms with Crippen LogP contribution in [-0.4, -0.2) is 60.8 Å². The number of halogens is 1. The second kappa shape index (κ2) is 10.2. The van der Waals surface area contributed by atoms with Gasteiger partial charge < -0.3 is 20.2 Å². The molecule has 0 saturated carbocycles. The number of likely N-dealkylation sites (tertiary alicyclic amines) is 1. The molecule has 166 valence electrons. The van der Waals surface area contributed by atoms with Crippen LogP contribution in [0, 0.1) is 5.82 Å². The maximum absolute atomic E-state index is 13.3. The van der Waals surface area contributed by atoms with Crippen molar-refractivity contribution in [3.05, 3.63) is 65.5 Å². The first kappa shape index (κ1) is 21.8. The van der Waals surface area contributed by atoms with Crippen molar-refractivity contribution in [2.75, 3.05) is 37.6 Å². The van der Waals surface area contributed by atoms with E-state index >= 15 is 0 Å². The average molecular weight is 426 g/mol. The van der Waals surface area contributed by atoms with Crippen LogP contribution in [0.4, 0.5) is 10.1 Å². The van der Waals surface area contributed by atoms with Gasteiger partial charge in [-0.3, -0.25) is 4.79 Å². The summed E-state index contributed by atoms with van der Waals surface area (Å²) >= 11 is 0. The number of hydrogen-bond acceptors (Lipinski definition) is 4. The van der Waals surface area contributed by atoms with Gasteiger partial charge in [-0.1, -0.05) is 12.1 Å². The zero-order valence-electron chi connectivity index (χ0n) is 18.0. The molecule has 2 saturated heterocycles. The Morgan fingerprint density at radius 3 is 2.55 bits per heavy atom. The highest BCUT2D eigenvalue weighted by Gasteiger charge is 2.24. The Morgan fingerprint density at radius 2 is 1.84 bits per heavy atom. The molecule has 4 rings (SSSR count). The van der Waals surface area contributed by atoms with E-state index in [0.29, 0.717) is 18.2 Å². The normalized spacial score (nSPS) is 20.1. The second-order valence-electron chi connectivity index (χ2n) is 8.69. The molecule has 0 aromatic heterocycles. The minimum absolute atomic E-state index is 0.00602. The Morgan fingerprint density at radius 1 is 1.06 bits per heavy atom. The zero-order chi connectivity index (χ0) is 21.6. The summed E-state index contributed by atoms with van der Waals surface area (Å²) in [5.74, 6) is -0.168. The van der Waals surface area contributed by atoms with Crippen LogP contribution in [0.15, 0.2) is 48.5 Å². The number of nitrogens with one attached hydrogen (secondary N) is 1. The summed E-state index contributed by atoms with van der Waals surface area (Å²) in [5, 5.41) is 13.4. The van der Waals surface area contributed by atoms with Crippen LogP contribution in [0.1, 0.15) is 41.6 Å². The molecule has 5 nitrogen and oxygen atoms in total. The van der Waals surface area contributed by atoms with E-state index in [2.05, 4.69) is 10.2 Å². The van der Waals surface area contributed by atoms with Gasteiger partial charge in [0.15, 0.2) is 0 Å². The lowest BCUT2D eigenvalue weighted by Crippen LogP contribution is -2.43. The lowest BCUT2D eigenvalue weighted by atomic mass is 10.0. The summed E-state index contributed by atoms with van der Waals surface area (Å²) in [6.07, 6.45) is 4.20. The number of aliphatic hydroxyl groups excluding tert-OH is 1. The zero-order valence-corrected chi connectivity index (χ0v) is 18.0. The standard InChI is InChI=1S/C25H32FN3O2/c26-21-4-1-3-19(17-21)10-13-27-22-11-15-28(16-12-22)23-8-6-20(7-9-23)25(31)29-14-2-5-24(30)18-29/h1,3-4,6-9,17,22,24,27,30H,2,5,10-16,18H2/t24-/m1/s1. The van der Waals surface area contributed by atoms with Gasteiger partial charge in [0.1, 0.15) is 5.82 Å². The number of carbonyl (C=O) groups excluding carboxylic acids is 1. The number of rotatable bonds is 6. The van der Waals surface area contributed by atoms with Gasteiger partial charge in [0.25, 0.3) is 5.91 Å². The van der Waals surface area contributed by atoms with Gasteiger partial charge in [0, 0.05) is 43.5 Å². The monoisotopic (exact) mass is 425 g/mol.